The minimum atomic E-state index is -4.03. The third kappa shape index (κ3) is 4.99. The summed E-state index contributed by atoms with van der Waals surface area (Å²) < 4.78 is 44.8. The van der Waals surface area contributed by atoms with Gasteiger partial charge in [-0.2, -0.15) is 0 Å². The Morgan fingerprint density at radius 3 is 2.48 bits per heavy atom. The number of nitro groups is 1. The lowest BCUT2D eigenvalue weighted by atomic mass is 10.1. The summed E-state index contributed by atoms with van der Waals surface area (Å²) in [5, 5.41) is 13.5. The Kier molecular flexibility index (Phi) is 6.75. The third-order valence-electron chi connectivity index (χ3n) is 4.07. The van der Waals surface area contributed by atoms with Crippen LogP contribution in [0.2, 0.25) is 0 Å². The molecule has 1 atom stereocenters. The molecule has 156 valence electrons. The van der Waals surface area contributed by atoms with Gasteiger partial charge in [-0.3, -0.25) is 19.2 Å². The Bertz CT molecular complexity index is 1030. The molecule has 9 nitrogen and oxygen atoms in total. The number of nitrogens with one attached hydrogen (secondary N) is 1. The molecule has 1 amide bonds. The standard InChI is InChI=1S/C18H20FN3O6S/c1-4-15(21(29(3,26)27)16-8-6-5-7-13(16)19)18(23)20-14-11-12(22(24)25)9-10-17(14)28-2/h5-11,15H,4H2,1-3H3,(H,20,23)/t15-/m1/s1. The average Bonchev–Trinajstić information content (AvgIpc) is 2.65. The van der Waals surface area contributed by atoms with Gasteiger partial charge in [-0.25, -0.2) is 12.8 Å². The molecule has 1 N–H and O–H groups in total. The number of carbonyl (C=O) groups excluding carboxylic acids is 1. The van der Waals surface area contributed by atoms with Crippen molar-refractivity contribution in [2.24, 2.45) is 0 Å². The van der Waals surface area contributed by atoms with Crippen molar-refractivity contribution in [3.05, 3.63) is 58.4 Å². The van der Waals surface area contributed by atoms with Crippen molar-refractivity contribution in [3.63, 3.8) is 0 Å². The highest BCUT2D eigenvalue weighted by molar-refractivity contribution is 7.92. The van der Waals surface area contributed by atoms with Crippen LogP contribution in [0.25, 0.3) is 0 Å². The van der Waals surface area contributed by atoms with Crippen molar-refractivity contribution in [1.82, 2.24) is 0 Å². The molecule has 0 radical (unpaired) electrons. The monoisotopic (exact) mass is 425 g/mol. The molecule has 0 heterocycles. The van der Waals surface area contributed by atoms with Gasteiger partial charge in [-0.1, -0.05) is 19.1 Å². The van der Waals surface area contributed by atoms with Crippen molar-refractivity contribution in [3.8, 4) is 5.75 Å². The zero-order chi connectivity index (χ0) is 21.8. The lowest BCUT2D eigenvalue weighted by molar-refractivity contribution is -0.384. The molecular weight excluding hydrogens is 405 g/mol. The van der Waals surface area contributed by atoms with Crippen molar-refractivity contribution in [2.45, 2.75) is 19.4 Å². The van der Waals surface area contributed by atoms with Crippen LogP contribution in [0.4, 0.5) is 21.5 Å². The Morgan fingerprint density at radius 1 is 1.31 bits per heavy atom. The summed E-state index contributed by atoms with van der Waals surface area (Å²) in [7, 11) is -2.72. The van der Waals surface area contributed by atoms with Gasteiger partial charge in [-0.05, 0) is 24.6 Å². The van der Waals surface area contributed by atoms with E-state index in [1.807, 2.05) is 0 Å². The maximum atomic E-state index is 14.3. The molecule has 0 fully saturated rings. The van der Waals surface area contributed by atoms with Gasteiger partial charge in [0.25, 0.3) is 5.69 Å². The summed E-state index contributed by atoms with van der Waals surface area (Å²) in [6, 6.07) is 7.48. The summed E-state index contributed by atoms with van der Waals surface area (Å²) in [5.41, 5.74) is -0.571. The lowest BCUT2D eigenvalue weighted by Crippen LogP contribution is -2.47. The van der Waals surface area contributed by atoms with Crippen molar-refractivity contribution >= 4 is 33.0 Å². The van der Waals surface area contributed by atoms with Gasteiger partial charge in [0.15, 0.2) is 0 Å². The smallest absolute Gasteiger partial charge is 0.271 e. The second-order valence-electron chi connectivity index (χ2n) is 6.07. The van der Waals surface area contributed by atoms with Crippen molar-refractivity contribution in [1.29, 1.82) is 0 Å². The van der Waals surface area contributed by atoms with Crippen LogP contribution < -0.4 is 14.4 Å². The van der Waals surface area contributed by atoms with Crippen LogP contribution in [-0.2, 0) is 14.8 Å². The van der Waals surface area contributed by atoms with Gasteiger partial charge in [0.1, 0.15) is 17.6 Å². The van der Waals surface area contributed by atoms with E-state index in [0.29, 0.717) is 4.31 Å². The third-order valence-corrected chi connectivity index (χ3v) is 5.24. The van der Waals surface area contributed by atoms with Gasteiger partial charge >= 0.3 is 0 Å². The van der Waals surface area contributed by atoms with Crippen molar-refractivity contribution < 1.29 is 27.3 Å². The number of benzene rings is 2. The molecule has 0 saturated heterocycles. The molecule has 11 heteroatoms. The molecule has 0 bridgehead atoms. The summed E-state index contributed by atoms with van der Waals surface area (Å²) in [6.45, 7) is 1.56. The van der Waals surface area contributed by atoms with Crippen LogP contribution in [0, 0.1) is 15.9 Å². The highest BCUT2D eigenvalue weighted by Crippen LogP contribution is 2.31. The number of methoxy groups -OCH3 is 1. The van der Waals surface area contributed by atoms with E-state index in [2.05, 4.69) is 5.32 Å². The van der Waals surface area contributed by atoms with E-state index in [1.165, 1.54) is 37.4 Å². The molecule has 29 heavy (non-hydrogen) atoms. The van der Waals surface area contributed by atoms with Crippen LogP contribution >= 0.6 is 0 Å². The van der Waals surface area contributed by atoms with Gasteiger partial charge in [0, 0.05) is 12.1 Å². The average molecular weight is 425 g/mol. The number of anilines is 2. The van der Waals surface area contributed by atoms with E-state index >= 15 is 0 Å². The molecule has 2 aromatic carbocycles. The summed E-state index contributed by atoms with van der Waals surface area (Å²) in [6.07, 6.45) is 0.883. The largest absolute Gasteiger partial charge is 0.495 e. The molecule has 0 aliphatic carbocycles. The molecule has 0 aliphatic rings. The van der Waals surface area contributed by atoms with E-state index in [9.17, 15) is 27.7 Å². The summed E-state index contributed by atoms with van der Waals surface area (Å²) in [5.74, 6) is -1.45. The zero-order valence-corrected chi connectivity index (χ0v) is 16.8. The SMILES string of the molecule is CC[C@H](C(=O)Nc1cc([N+](=O)[O-])ccc1OC)N(c1ccccc1F)S(C)(=O)=O. The Hall–Kier alpha value is -3.21. The van der Waals surface area contributed by atoms with Crippen LogP contribution in [0.5, 0.6) is 5.75 Å². The predicted molar refractivity (Wildman–Crippen MR) is 106 cm³/mol. The number of carbonyl (C=O) groups is 1. The number of hydrogen-bond acceptors (Lipinski definition) is 6. The van der Waals surface area contributed by atoms with E-state index in [1.54, 1.807) is 6.92 Å². The first-order valence-corrected chi connectivity index (χ1v) is 10.3. The molecule has 0 saturated carbocycles. The van der Waals surface area contributed by atoms with Gasteiger partial charge in [-0.15, -0.1) is 0 Å². The molecule has 2 aromatic rings. The quantitative estimate of drug-likeness (QED) is 0.513. The van der Waals surface area contributed by atoms with Gasteiger partial charge in [0.05, 0.1) is 29.7 Å². The number of hydrogen-bond donors (Lipinski definition) is 1. The number of rotatable bonds is 8. The molecule has 2 rings (SSSR count). The van der Waals surface area contributed by atoms with Crippen LogP contribution in [0.3, 0.4) is 0 Å². The fourth-order valence-electron chi connectivity index (χ4n) is 2.79. The Labute approximate surface area is 167 Å². The summed E-state index contributed by atoms with van der Waals surface area (Å²) >= 11 is 0. The van der Waals surface area contributed by atoms with E-state index in [0.717, 1.165) is 18.4 Å². The number of nitrogens with zero attached hydrogens (tertiary/aromatic N) is 2. The molecule has 0 spiro atoms. The zero-order valence-electron chi connectivity index (χ0n) is 16.0. The maximum absolute atomic E-state index is 14.3. The van der Waals surface area contributed by atoms with Crippen LogP contribution in [0.1, 0.15) is 13.3 Å². The number of ether oxygens (including phenoxy) is 1. The maximum Gasteiger partial charge on any atom is 0.271 e. The first-order chi connectivity index (χ1) is 13.6. The van der Waals surface area contributed by atoms with Gasteiger partial charge in [0.2, 0.25) is 15.9 Å². The Morgan fingerprint density at radius 2 is 1.97 bits per heavy atom. The number of sulfonamides is 1. The number of amides is 1. The van der Waals surface area contributed by atoms with Crippen LogP contribution in [-0.4, -0.2) is 38.7 Å². The van der Waals surface area contributed by atoms with Crippen molar-refractivity contribution in [2.75, 3.05) is 23.0 Å². The predicted octanol–water partition coefficient (Wildman–Crippen LogP) is 2.93. The fraction of sp³-hybridized carbons (Fsp3) is 0.278. The number of halogens is 1. The van der Waals surface area contributed by atoms with E-state index in [4.69, 9.17) is 4.74 Å². The fourth-order valence-corrected chi connectivity index (χ4v) is 4.00. The number of para-hydroxylation sites is 1. The molecule has 0 aliphatic heterocycles. The Balaban J connectivity index is 2.47. The normalized spacial score (nSPS) is 12.1. The highest BCUT2D eigenvalue weighted by atomic mass is 32.2. The van der Waals surface area contributed by atoms with E-state index in [-0.39, 0.29) is 29.2 Å². The van der Waals surface area contributed by atoms with Crippen LogP contribution in [0.15, 0.2) is 42.5 Å². The number of non-ortho nitro benzene ring substituents is 1. The lowest BCUT2D eigenvalue weighted by Gasteiger charge is -2.30. The minimum absolute atomic E-state index is 0.00728. The molecular formula is C18H20FN3O6S. The first-order valence-electron chi connectivity index (χ1n) is 8.47. The second-order valence-corrected chi connectivity index (χ2v) is 7.92. The molecule has 0 unspecified atom stereocenters. The highest BCUT2D eigenvalue weighted by Gasteiger charge is 2.33. The summed E-state index contributed by atoms with van der Waals surface area (Å²) in [4.78, 5) is 23.3. The first kappa shape index (κ1) is 22.1. The second kappa shape index (κ2) is 8.86. The van der Waals surface area contributed by atoms with Gasteiger partial charge < -0.3 is 10.1 Å². The minimum Gasteiger partial charge on any atom is -0.495 e. The number of nitro benzene ring substituents is 1. The topological polar surface area (TPSA) is 119 Å². The molecule has 0 aromatic heterocycles. The van der Waals surface area contributed by atoms with E-state index < -0.39 is 32.7 Å².